The van der Waals surface area contributed by atoms with E-state index < -0.39 is 0 Å². The molecule has 21 heavy (non-hydrogen) atoms. The molecule has 2 nitrogen and oxygen atoms in total. The Kier molecular flexibility index (Phi) is 6.72. The van der Waals surface area contributed by atoms with Crippen molar-refractivity contribution in [3.8, 4) is 0 Å². The van der Waals surface area contributed by atoms with Crippen molar-refractivity contribution >= 4 is 15.9 Å². The quantitative estimate of drug-likeness (QED) is 0.814. The zero-order valence-corrected chi connectivity index (χ0v) is 15.2. The molecule has 1 aliphatic heterocycles. The monoisotopic (exact) mass is 352 g/mol. The first kappa shape index (κ1) is 17.0. The number of piperazine rings is 1. The Morgan fingerprint density at radius 1 is 1.29 bits per heavy atom. The number of hydrogen-bond donors (Lipinski definition) is 1. The van der Waals surface area contributed by atoms with Crippen LogP contribution in [0, 0.1) is 5.92 Å². The Labute approximate surface area is 138 Å². The van der Waals surface area contributed by atoms with Crippen molar-refractivity contribution in [3.05, 3.63) is 34.3 Å². The Morgan fingerprint density at radius 3 is 2.62 bits per heavy atom. The Hall–Kier alpha value is -0.380. The topological polar surface area (TPSA) is 15.3 Å². The van der Waals surface area contributed by atoms with Gasteiger partial charge in [-0.3, -0.25) is 4.90 Å². The van der Waals surface area contributed by atoms with Crippen LogP contribution in [0.3, 0.4) is 0 Å². The fraction of sp³-hybridized carbons (Fsp3) is 0.667. The van der Waals surface area contributed by atoms with Gasteiger partial charge in [-0.1, -0.05) is 61.7 Å². The van der Waals surface area contributed by atoms with Crippen LogP contribution in [-0.4, -0.2) is 30.1 Å². The van der Waals surface area contributed by atoms with Crippen LogP contribution in [0.1, 0.15) is 45.6 Å². The number of nitrogens with one attached hydrogen (secondary N) is 1. The van der Waals surface area contributed by atoms with Crippen LogP contribution in [0.4, 0.5) is 0 Å². The Bertz CT molecular complexity index is 418. The summed E-state index contributed by atoms with van der Waals surface area (Å²) in [5.41, 5.74) is 1.42. The number of rotatable bonds is 6. The highest BCUT2D eigenvalue weighted by molar-refractivity contribution is 9.10. The Balaban J connectivity index is 2.04. The molecule has 0 amide bonds. The maximum absolute atomic E-state index is 3.78. The van der Waals surface area contributed by atoms with Crippen molar-refractivity contribution < 1.29 is 0 Å². The SMILES string of the molecule is CCCC1CNC(C(C)CC)CN1Cc1ccc(Br)cc1. The van der Waals surface area contributed by atoms with E-state index in [-0.39, 0.29) is 0 Å². The molecule has 1 N–H and O–H groups in total. The molecule has 1 aromatic carbocycles. The van der Waals surface area contributed by atoms with E-state index in [0.717, 1.165) is 23.5 Å². The van der Waals surface area contributed by atoms with E-state index in [4.69, 9.17) is 0 Å². The summed E-state index contributed by atoms with van der Waals surface area (Å²) in [6.45, 7) is 10.3. The van der Waals surface area contributed by atoms with Gasteiger partial charge in [-0.05, 0) is 30.0 Å². The van der Waals surface area contributed by atoms with E-state index in [0.29, 0.717) is 12.1 Å². The molecule has 0 bridgehead atoms. The molecule has 0 radical (unpaired) electrons. The van der Waals surface area contributed by atoms with Gasteiger partial charge in [0.1, 0.15) is 0 Å². The van der Waals surface area contributed by atoms with Gasteiger partial charge in [-0.25, -0.2) is 0 Å². The molecule has 0 aliphatic carbocycles. The maximum atomic E-state index is 3.78. The highest BCUT2D eigenvalue weighted by Gasteiger charge is 2.29. The van der Waals surface area contributed by atoms with E-state index in [1.807, 2.05) is 0 Å². The average molecular weight is 353 g/mol. The fourth-order valence-electron chi connectivity index (χ4n) is 3.18. The third-order valence-electron chi connectivity index (χ3n) is 4.81. The first-order valence-electron chi connectivity index (χ1n) is 8.35. The van der Waals surface area contributed by atoms with Gasteiger partial charge >= 0.3 is 0 Å². The smallest absolute Gasteiger partial charge is 0.0237 e. The van der Waals surface area contributed by atoms with Crippen LogP contribution in [0.2, 0.25) is 0 Å². The minimum absolute atomic E-state index is 0.638. The summed E-state index contributed by atoms with van der Waals surface area (Å²) in [6, 6.07) is 10.1. The van der Waals surface area contributed by atoms with E-state index >= 15 is 0 Å². The van der Waals surface area contributed by atoms with E-state index in [1.54, 1.807) is 0 Å². The van der Waals surface area contributed by atoms with Gasteiger partial charge in [0.15, 0.2) is 0 Å². The van der Waals surface area contributed by atoms with E-state index in [9.17, 15) is 0 Å². The van der Waals surface area contributed by atoms with Gasteiger partial charge in [0, 0.05) is 36.2 Å². The van der Waals surface area contributed by atoms with Gasteiger partial charge in [0.05, 0.1) is 0 Å². The lowest BCUT2D eigenvalue weighted by Gasteiger charge is -2.42. The lowest BCUT2D eigenvalue weighted by Crippen LogP contribution is -2.57. The van der Waals surface area contributed by atoms with Crippen molar-refractivity contribution in [1.29, 1.82) is 0 Å². The van der Waals surface area contributed by atoms with Gasteiger partial charge in [-0.2, -0.15) is 0 Å². The molecule has 3 atom stereocenters. The largest absolute Gasteiger partial charge is 0.311 e. The summed E-state index contributed by atoms with van der Waals surface area (Å²) in [4.78, 5) is 2.69. The minimum atomic E-state index is 0.638. The second kappa shape index (κ2) is 8.30. The molecule has 1 fully saturated rings. The summed E-state index contributed by atoms with van der Waals surface area (Å²) < 4.78 is 1.16. The first-order valence-corrected chi connectivity index (χ1v) is 9.15. The van der Waals surface area contributed by atoms with Crippen LogP contribution < -0.4 is 5.32 Å². The summed E-state index contributed by atoms with van der Waals surface area (Å²) in [6.07, 6.45) is 3.80. The Morgan fingerprint density at radius 2 is 2.00 bits per heavy atom. The highest BCUT2D eigenvalue weighted by Crippen LogP contribution is 2.21. The third kappa shape index (κ3) is 4.80. The molecule has 118 valence electrons. The van der Waals surface area contributed by atoms with Gasteiger partial charge in [0.2, 0.25) is 0 Å². The summed E-state index contributed by atoms with van der Waals surface area (Å²) in [5.74, 6) is 0.750. The lowest BCUT2D eigenvalue weighted by molar-refractivity contribution is 0.0960. The number of nitrogens with zero attached hydrogens (tertiary/aromatic N) is 1. The van der Waals surface area contributed by atoms with Gasteiger partial charge in [-0.15, -0.1) is 0 Å². The van der Waals surface area contributed by atoms with Gasteiger partial charge in [0.25, 0.3) is 0 Å². The number of benzene rings is 1. The zero-order valence-electron chi connectivity index (χ0n) is 13.6. The van der Waals surface area contributed by atoms with Crippen molar-refractivity contribution in [1.82, 2.24) is 10.2 Å². The minimum Gasteiger partial charge on any atom is -0.311 e. The van der Waals surface area contributed by atoms with Crippen LogP contribution in [0.15, 0.2) is 28.7 Å². The van der Waals surface area contributed by atoms with Crippen molar-refractivity contribution in [2.45, 2.75) is 58.7 Å². The second-order valence-electron chi connectivity index (χ2n) is 6.40. The van der Waals surface area contributed by atoms with Crippen molar-refractivity contribution in [3.63, 3.8) is 0 Å². The standard InChI is InChI=1S/C18H29BrN2/c1-4-6-17-11-20-18(14(3)5-2)13-21(17)12-15-7-9-16(19)10-8-15/h7-10,14,17-18,20H,4-6,11-13H2,1-3H3. The molecule has 0 aromatic heterocycles. The van der Waals surface area contributed by atoms with Crippen LogP contribution in [-0.2, 0) is 6.54 Å². The molecule has 3 heteroatoms. The van der Waals surface area contributed by atoms with Crippen LogP contribution in [0.25, 0.3) is 0 Å². The molecule has 1 aliphatic rings. The van der Waals surface area contributed by atoms with Crippen LogP contribution >= 0.6 is 15.9 Å². The molecule has 2 rings (SSSR count). The van der Waals surface area contributed by atoms with Crippen molar-refractivity contribution in [2.24, 2.45) is 5.92 Å². The predicted octanol–water partition coefficient (Wildman–Crippen LogP) is 4.44. The average Bonchev–Trinajstić information content (AvgIpc) is 2.50. The van der Waals surface area contributed by atoms with E-state index in [1.165, 1.54) is 31.4 Å². The molecule has 1 aromatic rings. The molecule has 3 unspecified atom stereocenters. The van der Waals surface area contributed by atoms with Crippen molar-refractivity contribution in [2.75, 3.05) is 13.1 Å². The third-order valence-corrected chi connectivity index (χ3v) is 5.34. The lowest BCUT2D eigenvalue weighted by atomic mass is 9.94. The normalized spacial score (nSPS) is 25.0. The fourth-order valence-corrected chi connectivity index (χ4v) is 3.45. The molecule has 1 heterocycles. The molecule has 0 saturated carbocycles. The molecular formula is C18H29BrN2. The number of hydrogen-bond acceptors (Lipinski definition) is 2. The van der Waals surface area contributed by atoms with Crippen LogP contribution in [0.5, 0.6) is 0 Å². The molecule has 1 saturated heterocycles. The van der Waals surface area contributed by atoms with Gasteiger partial charge < -0.3 is 5.32 Å². The number of halogens is 1. The van der Waals surface area contributed by atoms with E-state index in [2.05, 4.69) is 71.2 Å². The zero-order chi connectivity index (χ0) is 15.2. The maximum Gasteiger partial charge on any atom is 0.0237 e. The molecule has 0 spiro atoms. The highest BCUT2D eigenvalue weighted by atomic mass is 79.9. The predicted molar refractivity (Wildman–Crippen MR) is 94.5 cm³/mol. The summed E-state index contributed by atoms with van der Waals surface area (Å²) in [7, 11) is 0. The first-order chi connectivity index (χ1) is 10.1. The molecular weight excluding hydrogens is 324 g/mol. The summed E-state index contributed by atoms with van der Waals surface area (Å²) in [5, 5.41) is 3.78. The summed E-state index contributed by atoms with van der Waals surface area (Å²) >= 11 is 3.52. The second-order valence-corrected chi connectivity index (χ2v) is 7.31.